The number of fused-ring (bicyclic) bond motifs is 16. The van der Waals surface area contributed by atoms with Gasteiger partial charge in [-0.15, -0.1) is 0 Å². The molecule has 2 heterocycles. The first kappa shape index (κ1) is 34.6. The first-order valence-electron chi connectivity index (χ1n) is 21.1. The summed E-state index contributed by atoms with van der Waals surface area (Å²) in [5.74, 6) is 1.86. The molecule has 1 atom stereocenters. The molecule has 0 aliphatic heterocycles. The van der Waals surface area contributed by atoms with Gasteiger partial charge in [-0.2, -0.15) is 0 Å². The molecule has 9 aromatic carbocycles. The number of aromatic nitrogens is 3. The molecule has 4 nitrogen and oxygen atoms in total. The van der Waals surface area contributed by atoms with E-state index in [1.165, 1.54) is 55.6 Å². The fourth-order valence-corrected chi connectivity index (χ4v) is 10.3. The molecule has 2 aliphatic carbocycles. The van der Waals surface area contributed by atoms with Crippen molar-refractivity contribution in [3.63, 3.8) is 0 Å². The zero-order valence-corrected chi connectivity index (χ0v) is 33.5. The predicted molar refractivity (Wildman–Crippen MR) is 251 cm³/mol. The summed E-state index contributed by atoms with van der Waals surface area (Å²) in [5.41, 5.74) is 18.1. The van der Waals surface area contributed by atoms with Gasteiger partial charge >= 0.3 is 0 Å². The summed E-state index contributed by atoms with van der Waals surface area (Å²) in [7, 11) is 0. The lowest BCUT2D eigenvalue weighted by atomic mass is 9.65. The van der Waals surface area contributed by atoms with Crippen LogP contribution in [0.2, 0.25) is 0 Å². The maximum Gasteiger partial charge on any atom is 0.164 e. The smallest absolute Gasteiger partial charge is 0.164 e. The number of benzene rings is 9. The van der Waals surface area contributed by atoms with Gasteiger partial charge in [-0.3, -0.25) is 0 Å². The van der Waals surface area contributed by atoms with Crippen LogP contribution in [0.15, 0.2) is 217 Å². The normalized spacial score (nSPS) is 14.5. The Morgan fingerprint density at radius 1 is 0.306 bits per heavy atom. The van der Waals surface area contributed by atoms with Crippen LogP contribution in [-0.4, -0.2) is 15.0 Å². The highest BCUT2D eigenvalue weighted by Crippen LogP contribution is 2.63. The lowest BCUT2D eigenvalue weighted by Crippen LogP contribution is -2.29. The van der Waals surface area contributed by atoms with Gasteiger partial charge in [0.15, 0.2) is 17.5 Å². The second-order valence-corrected chi connectivity index (χ2v) is 16.2. The van der Waals surface area contributed by atoms with Crippen molar-refractivity contribution in [2.75, 3.05) is 0 Å². The minimum atomic E-state index is -0.717. The van der Waals surface area contributed by atoms with Gasteiger partial charge < -0.3 is 4.42 Å². The molecule has 2 aliphatic rings. The standard InChI is InChI=1S/C58H35N3O/c1-3-15-36(16-4-1)37-27-29-39(30-28-37)56-59-55(38-17-5-2-6-18-38)60-57(61-56)40-31-32-44-42-20-8-7-19-41(42)43-21-9-12-24-48(43)58(51(44)35-40)49-25-13-10-23-47(49)53-50(58)34-33-46-45-22-11-14-26-52(45)62-54(46)53/h1-35H. The van der Waals surface area contributed by atoms with Crippen LogP contribution in [0.1, 0.15) is 22.3 Å². The summed E-state index contributed by atoms with van der Waals surface area (Å²) in [5, 5.41) is 2.24. The van der Waals surface area contributed by atoms with Crippen molar-refractivity contribution in [2.45, 2.75) is 5.41 Å². The fraction of sp³-hybridized carbons (Fsp3) is 0.0172. The molecule has 11 aromatic rings. The van der Waals surface area contributed by atoms with Crippen molar-refractivity contribution in [1.82, 2.24) is 15.0 Å². The van der Waals surface area contributed by atoms with E-state index in [1.54, 1.807) is 0 Å². The molecule has 2 aromatic heterocycles. The van der Waals surface area contributed by atoms with Crippen LogP contribution in [0, 0.1) is 0 Å². The van der Waals surface area contributed by atoms with Gasteiger partial charge in [-0.25, -0.2) is 15.0 Å². The highest BCUT2D eigenvalue weighted by atomic mass is 16.3. The van der Waals surface area contributed by atoms with Crippen molar-refractivity contribution >= 4 is 21.9 Å². The van der Waals surface area contributed by atoms with Gasteiger partial charge in [0.05, 0.1) is 5.41 Å². The quantitative estimate of drug-likeness (QED) is 0.178. The molecule has 13 rings (SSSR count). The molecule has 4 heteroatoms. The molecule has 0 bridgehead atoms. The van der Waals surface area contributed by atoms with Gasteiger partial charge in [0.1, 0.15) is 11.2 Å². The number of hydrogen-bond acceptors (Lipinski definition) is 4. The average Bonchev–Trinajstić information content (AvgIpc) is 3.85. The molecular formula is C58H35N3O. The number of nitrogens with zero attached hydrogens (tertiary/aromatic N) is 3. The minimum Gasteiger partial charge on any atom is -0.455 e. The zero-order valence-electron chi connectivity index (χ0n) is 33.5. The van der Waals surface area contributed by atoms with Crippen LogP contribution < -0.4 is 0 Å². The van der Waals surface area contributed by atoms with Crippen LogP contribution in [0.3, 0.4) is 0 Å². The summed E-state index contributed by atoms with van der Waals surface area (Å²) in [6, 6.07) is 75.7. The van der Waals surface area contributed by atoms with Gasteiger partial charge in [0.2, 0.25) is 0 Å². The topological polar surface area (TPSA) is 51.8 Å². The van der Waals surface area contributed by atoms with E-state index in [-0.39, 0.29) is 0 Å². The Morgan fingerprint density at radius 2 is 0.790 bits per heavy atom. The third-order valence-electron chi connectivity index (χ3n) is 13.0. The second-order valence-electron chi connectivity index (χ2n) is 16.2. The SMILES string of the molecule is c1ccc(-c2ccc(-c3nc(-c4ccccc4)nc(-c4ccc5c(c4)C4(c6ccccc6-c6ccccc6-5)c5ccccc5-c5c4ccc4c5oc5ccccc54)n3)cc2)cc1. The molecular weight excluding hydrogens is 755 g/mol. The molecule has 0 fully saturated rings. The molecule has 0 radical (unpaired) electrons. The van der Waals surface area contributed by atoms with Crippen LogP contribution in [-0.2, 0) is 5.41 Å². The Labute approximate surface area is 358 Å². The van der Waals surface area contributed by atoms with Gasteiger partial charge in [0.25, 0.3) is 0 Å². The van der Waals surface area contributed by atoms with Crippen molar-refractivity contribution < 1.29 is 4.42 Å². The summed E-state index contributed by atoms with van der Waals surface area (Å²) < 4.78 is 6.86. The summed E-state index contributed by atoms with van der Waals surface area (Å²) in [4.78, 5) is 15.7. The molecule has 1 spiro atoms. The molecule has 288 valence electrons. The molecule has 0 N–H and O–H groups in total. The van der Waals surface area contributed by atoms with Crippen LogP contribution in [0.5, 0.6) is 0 Å². The third-order valence-corrected chi connectivity index (χ3v) is 13.0. The number of para-hydroxylation sites is 1. The van der Waals surface area contributed by atoms with Gasteiger partial charge in [-0.1, -0.05) is 200 Å². The Bertz CT molecular complexity index is 3570. The lowest BCUT2D eigenvalue weighted by Gasteiger charge is -2.35. The van der Waals surface area contributed by atoms with E-state index >= 15 is 0 Å². The first-order chi connectivity index (χ1) is 30.7. The highest BCUT2D eigenvalue weighted by Gasteiger charge is 2.51. The second kappa shape index (κ2) is 13.4. The van der Waals surface area contributed by atoms with Gasteiger partial charge in [0, 0.05) is 33.0 Å². The predicted octanol–water partition coefficient (Wildman–Crippen LogP) is 14.4. The lowest BCUT2D eigenvalue weighted by molar-refractivity contribution is 0.669. The summed E-state index contributed by atoms with van der Waals surface area (Å²) >= 11 is 0. The maximum absolute atomic E-state index is 6.86. The van der Waals surface area contributed by atoms with Crippen molar-refractivity contribution in [3.8, 4) is 78.7 Å². The Hall–Kier alpha value is -8.21. The van der Waals surface area contributed by atoms with Crippen molar-refractivity contribution in [1.29, 1.82) is 0 Å². The van der Waals surface area contributed by atoms with Crippen LogP contribution in [0.25, 0.3) is 101 Å². The van der Waals surface area contributed by atoms with Crippen molar-refractivity contribution in [2.24, 2.45) is 0 Å². The molecule has 1 unspecified atom stereocenters. The van der Waals surface area contributed by atoms with E-state index < -0.39 is 5.41 Å². The van der Waals surface area contributed by atoms with Crippen molar-refractivity contribution in [3.05, 3.63) is 235 Å². The van der Waals surface area contributed by atoms with Crippen LogP contribution >= 0.6 is 0 Å². The number of furan rings is 1. The molecule has 0 saturated carbocycles. The molecule has 0 saturated heterocycles. The Kier molecular flexibility index (Phi) is 7.49. The number of rotatable bonds is 4. The van der Waals surface area contributed by atoms with E-state index in [9.17, 15) is 0 Å². The number of hydrogen-bond donors (Lipinski definition) is 0. The fourth-order valence-electron chi connectivity index (χ4n) is 10.3. The van der Waals surface area contributed by atoms with E-state index in [2.05, 4.69) is 182 Å². The van der Waals surface area contributed by atoms with E-state index in [4.69, 9.17) is 19.4 Å². The third kappa shape index (κ3) is 4.98. The minimum absolute atomic E-state index is 0.615. The largest absolute Gasteiger partial charge is 0.455 e. The molecule has 62 heavy (non-hydrogen) atoms. The van der Waals surface area contributed by atoms with E-state index in [0.717, 1.165) is 49.8 Å². The zero-order chi connectivity index (χ0) is 40.8. The van der Waals surface area contributed by atoms with E-state index in [0.29, 0.717) is 17.5 Å². The summed E-state index contributed by atoms with van der Waals surface area (Å²) in [6.07, 6.45) is 0. The molecule has 0 amide bonds. The summed E-state index contributed by atoms with van der Waals surface area (Å²) in [6.45, 7) is 0. The maximum atomic E-state index is 6.86. The average molecular weight is 790 g/mol. The highest BCUT2D eigenvalue weighted by molar-refractivity contribution is 6.13. The monoisotopic (exact) mass is 789 g/mol. The Balaban J connectivity index is 1.10. The van der Waals surface area contributed by atoms with Gasteiger partial charge in [-0.05, 0) is 73.3 Å². The van der Waals surface area contributed by atoms with E-state index in [1.807, 2.05) is 30.3 Å². The first-order valence-corrected chi connectivity index (χ1v) is 21.1. The Morgan fingerprint density at radius 3 is 1.50 bits per heavy atom. The van der Waals surface area contributed by atoms with Crippen LogP contribution in [0.4, 0.5) is 0 Å².